The zero-order valence-electron chi connectivity index (χ0n) is 7.68. The predicted octanol–water partition coefficient (Wildman–Crippen LogP) is 1.72. The zero-order chi connectivity index (χ0) is 10.8. The number of rotatable bonds is 1. The van der Waals surface area contributed by atoms with Crippen LogP contribution in [0.1, 0.15) is 0 Å². The second kappa shape index (κ2) is 3.49. The van der Waals surface area contributed by atoms with Gasteiger partial charge in [-0.1, -0.05) is 0 Å². The van der Waals surface area contributed by atoms with Gasteiger partial charge in [0.15, 0.2) is 5.75 Å². The van der Waals surface area contributed by atoms with E-state index >= 15 is 0 Å². The Labute approximate surface area is 85.0 Å². The molecule has 0 fully saturated rings. The Balaban J connectivity index is 2.68. The first kappa shape index (κ1) is 9.33. The van der Waals surface area contributed by atoms with E-state index in [0.29, 0.717) is 11.3 Å². The topological polar surface area (TPSA) is 70.7 Å². The van der Waals surface area contributed by atoms with Gasteiger partial charge in [0.05, 0.1) is 6.26 Å². The molecule has 0 aliphatic rings. The van der Waals surface area contributed by atoms with E-state index in [0.717, 1.165) is 0 Å². The van der Waals surface area contributed by atoms with E-state index in [4.69, 9.17) is 4.42 Å². The minimum Gasteiger partial charge on any atom is -0.504 e. The standard InChI is InChI=1S/C11H8O4/c12-8-4-3-7(6-9(13)11(8)14)10-2-1-5-15-10/h1-6H,(H2,12,13,14). The summed E-state index contributed by atoms with van der Waals surface area (Å²) < 4.78 is 5.09. The van der Waals surface area contributed by atoms with Crippen LogP contribution in [-0.4, -0.2) is 10.2 Å². The van der Waals surface area contributed by atoms with Crippen LogP contribution in [0.25, 0.3) is 11.3 Å². The number of aromatic hydroxyl groups is 2. The third kappa shape index (κ3) is 1.69. The summed E-state index contributed by atoms with van der Waals surface area (Å²) in [4.78, 5) is 11.3. The first-order valence-electron chi connectivity index (χ1n) is 4.28. The monoisotopic (exact) mass is 204 g/mol. The molecule has 2 aromatic rings. The van der Waals surface area contributed by atoms with Crippen molar-refractivity contribution in [1.29, 1.82) is 0 Å². The van der Waals surface area contributed by atoms with Crippen LogP contribution in [0.3, 0.4) is 0 Å². The summed E-state index contributed by atoms with van der Waals surface area (Å²) in [7, 11) is 0. The quantitative estimate of drug-likeness (QED) is 0.741. The van der Waals surface area contributed by atoms with Crippen LogP contribution in [0, 0.1) is 0 Å². The molecule has 1 aromatic heterocycles. The molecule has 1 aromatic carbocycles. The van der Waals surface area contributed by atoms with Crippen molar-refractivity contribution in [3.63, 3.8) is 0 Å². The summed E-state index contributed by atoms with van der Waals surface area (Å²) in [6.07, 6.45) is 1.48. The van der Waals surface area contributed by atoms with Crippen LogP contribution in [0.5, 0.6) is 11.5 Å². The SMILES string of the molecule is O=c1cc(-c2ccco2)ccc(O)c1O. The first-order valence-corrected chi connectivity index (χ1v) is 4.28. The highest BCUT2D eigenvalue weighted by molar-refractivity contribution is 5.58. The van der Waals surface area contributed by atoms with Crippen molar-refractivity contribution in [2.75, 3.05) is 0 Å². The van der Waals surface area contributed by atoms with E-state index < -0.39 is 16.9 Å². The first-order chi connectivity index (χ1) is 7.18. The molecule has 2 N–H and O–H groups in total. The summed E-state index contributed by atoms with van der Waals surface area (Å²) >= 11 is 0. The molecule has 4 nitrogen and oxygen atoms in total. The van der Waals surface area contributed by atoms with Crippen LogP contribution in [0.15, 0.2) is 45.8 Å². The van der Waals surface area contributed by atoms with E-state index in [1.165, 1.54) is 24.5 Å². The highest BCUT2D eigenvalue weighted by atomic mass is 16.3. The van der Waals surface area contributed by atoms with Crippen molar-refractivity contribution in [1.82, 2.24) is 0 Å². The highest BCUT2D eigenvalue weighted by Crippen LogP contribution is 2.23. The van der Waals surface area contributed by atoms with Crippen molar-refractivity contribution < 1.29 is 14.6 Å². The van der Waals surface area contributed by atoms with Crippen LogP contribution in [0.2, 0.25) is 0 Å². The summed E-state index contributed by atoms with van der Waals surface area (Å²) in [5.74, 6) is -0.604. The Bertz CT molecular complexity index is 529. The van der Waals surface area contributed by atoms with Crippen LogP contribution in [0.4, 0.5) is 0 Å². The second-order valence-corrected chi connectivity index (χ2v) is 3.01. The van der Waals surface area contributed by atoms with Crippen molar-refractivity contribution in [3.8, 4) is 22.8 Å². The number of furan rings is 1. The molecule has 0 saturated carbocycles. The Hall–Kier alpha value is -2.23. The third-order valence-corrected chi connectivity index (χ3v) is 1.99. The van der Waals surface area contributed by atoms with Gasteiger partial charge in [0.1, 0.15) is 5.76 Å². The molecular formula is C11H8O4. The van der Waals surface area contributed by atoms with E-state index in [1.54, 1.807) is 12.1 Å². The maximum Gasteiger partial charge on any atom is 0.224 e. The third-order valence-electron chi connectivity index (χ3n) is 1.99. The van der Waals surface area contributed by atoms with E-state index in [9.17, 15) is 15.0 Å². The maximum absolute atomic E-state index is 11.3. The Morgan fingerprint density at radius 1 is 1.13 bits per heavy atom. The predicted molar refractivity (Wildman–Crippen MR) is 53.7 cm³/mol. The van der Waals surface area contributed by atoms with Crippen molar-refractivity contribution >= 4 is 0 Å². The molecule has 0 spiro atoms. The number of hydrogen-bond acceptors (Lipinski definition) is 4. The van der Waals surface area contributed by atoms with Gasteiger partial charge >= 0.3 is 0 Å². The Morgan fingerprint density at radius 3 is 2.60 bits per heavy atom. The molecule has 15 heavy (non-hydrogen) atoms. The molecule has 4 heteroatoms. The molecule has 0 unspecified atom stereocenters. The fourth-order valence-corrected chi connectivity index (χ4v) is 1.23. The van der Waals surface area contributed by atoms with Gasteiger partial charge in [0.2, 0.25) is 11.2 Å². The normalized spacial score (nSPS) is 10.1. The largest absolute Gasteiger partial charge is 0.504 e. The lowest BCUT2D eigenvalue weighted by Crippen LogP contribution is -1.93. The molecule has 0 amide bonds. The average molecular weight is 204 g/mol. The van der Waals surface area contributed by atoms with Crippen LogP contribution in [-0.2, 0) is 0 Å². The van der Waals surface area contributed by atoms with E-state index in [1.807, 2.05) is 0 Å². The molecule has 0 aliphatic carbocycles. The molecule has 0 saturated heterocycles. The maximum atomic E-state index is 11.3. The summed E-state index contributed by atoms with van der Waals surface area (Å²) in [6.45, 7) is 0. The van der Waals surface area contributed by atoms with Crippen molar-refractivity contribution in [2.45, 2.75) is 0 Å². The Morgan fingerprint density at radius 2 is 1.93 bits per heavy atom. The van der Waals surface area contributed by atoms with E-state index in [-0.39, 0.29) is 0 Å². The summed E-state index contributed by atoms with van der Waals surface area (Å²) in [5.41, 5.74) is -0.149. The van der Waals surface area contributed by atoms with Gasteiger partial charge in [-0.2, -0.15) is 0 Å². The summed E-state index contributed by atoms with van der Waals surface area (Å²) in [6, 6.07) is 7.31. The van der Waals surface area contributed by atoms with Crippen molar-refractivity contribution in [2.24, 2.45) is 0 Å². The van der Waals surface area contributed by atoms with Crippen LogP contribution >= 0.6 is 0 Å². The fraction of sp³-hybridized carbons (Fsp3) is 0. The van der Waals surface area contributed by atoms with Crippen LogP contribution < -0.4 is 5.43 Å². The smallest absolute Gasteiger partial charge is 0.224 e. The lowest BCUT2D eigenvalue weighted by atomic mass is 10.2. The lowest BCUT2D eigenvalue weighted by Gasteiger charge is -1.88. The van der Waals surface area contributed by atoms with Gasteiger partial charge in [-0.3, -0.25) is 4.79 Å². The van der Waals surface area contributed by atoms with Gasteiger partial charge in [-0.15, -0.1) is 0 Å². The molecule has 76 valence electrons. The minimum absolute atomic E-state index is 0.446. The van der Waals surface area contributed by atoms with Gasteiger partial charge in [0, 0.05) is 11.6 Å². The molecule has 2 rings (SSSR count). The fourth-order valence-electron chi connectivity index (χ4n) is 1.23. The number of hydrogen-bond donors (Lipinski definition) is 2. The highest BCUT2D eigenvalue weighted by Gasteiger charge is 2.05. The molecule has 1 heterocycles. The molecule has 0 bridgehead atoms. The molecule has 0 aliphatic heterocycles. The molecule has 0 radical (unpaired) electrons. The van der Waals surface area contributed by atoms with E-state index in [2.05, 4.69) is 0 Å². The zero-order valence-corrected chi connectivity index (χ0v) is 7.68. The van der Waals surface area contributed by atoms with Gasteiger partial charge < -0.3 is 14.6 Å². The van der Waals surface area contributed by atoms with Gasteiger partial charge in [0.25, 0.3) is 0 Å². The summed E-state index contributed by atoms with van der Waals surface area (Å²) in [5, 5.41) is 18.4. The van der Waals surface area contributed by atoms with Gasteiger partial charge in [-0.25, -0.2) is 0 Å². The van der Waals surface area contributed by atoms with Crippen molar-refractivity contribution in [3.05, 3.63) is 46.8 Å². The average Bonchev–Trinajstić information content (AvgIpc) is 2.71. The lowest BCUT2D eigenvalue weighted by molar-refractivity contribution is 0.402. The minimum atomic E-state index is -0.659. The molecule has 0 atom stereocenters. The van der Waals surface area contributed by atoms with Gasteiger partial charge in [-0.05, 0) is 24.3 Å². The Kier molecular flexibility index (Phi) is 2.17. The molecular weight excluding hydrogens is 196 g/mol. The second-order valence-electron chi connectivity index (χ2n) is 3.01.